The van der Waals surface area contributed by atoms with Crippen LogP contribution in [0.25, 0.3) is 11.3 Å². The molecule has 0 saturated carbocycles. The highest BCUT2D eigenvalue weighted by Crippen LogP contribution is 2.28. The zero-order valence-corrected chi connectivity index (χ0v) is 10.3. The third kappa shape index (κ3) is 2.28. The maximum atomic E-state index is 10.9. The van der Waals surface area contributed by atoms with Gasteiger partial charge < -0.3 is 5.11 Å². The quantitative estimate of drug-likeness (QED) is 0.913. The summed E-state index contributed by atoms with van der Waals surface area (Å²) in [5, 5.41) is 13.9. The van der Waals surface area contributed by atoms with Crippen LogP contribution >= 0.6 is 23.2 Å². The number of benzene rings is 1. The van der Waals surface area contributed by atoms with Gasteiger partial charge in [0, 0.05) is 12.6 Å². The van der Waals surface area contributed by atoms with Gasteiger partial charge in [-0.25, -0.2) is 4.79 Å². The Labute approximate surface area is 107 Å². The van der Waals surface area contributed by atoms with E-state index in [1.165, 1.54) is 10.7 Å². The molecule has 0 amide bonds. The molecule has 2 rings (SSSR count). The maximum absolute atomic E-state index is 10.9. The first kappa shape index (κ1) is 12.0. The van der Waals surface area contributed by atoms with Crippen molar-refractivity contribution < 1.29 is 9.90 Å². The molecule has 2 aromatic rings. The number of hydrogen-bond acceptors (Lipinski definition) is 2. The van der Waals surface area contributed by atoms with Crippen LogP contribution in [0.4, 0.5) is 0 Å². The minimum absolute atomic E-state index is 0.117. The number of nitrogens with zero attached hydrogens (tertiary/aromatic N) is 2. The summed E-state index contributed by atoms with van der Waals surface area (Å²) in [6.07, 6.45) is 0. The fourth-order valence-corrected chi connectivity index (χ4v) is 1.76. The zero-order chi connectivity index (χ0) is 12.6. The lowest BCUT2D eigenvalue weighted by molar-refractivity contribution is 0.0685. The van der Waals surface area contributed by atoms with Gasteiger partial charge in [-0.2, -0.15) is 5.10 Å². The Hall–Kier alpha value is -1.52. The molecule has 0 spiro atoms. The molecule has 1 aromatic carbocycles. The molecule has 0 aliphatic carbocycles. The summed E-state index contributed by atoms with van der Waals surface area (Å²) >= 11 is 11.7. The molecule has 0 saturated heterocycles. The lowest BCUT2D eigenvalue weighted by atomic mass is 10.1. The van der Waals surface area contributed by atoms with E-state index in [0.29, 0.717) is 15.7 Å². The molecule has 0 aliphatic rings. The van der Waals surface area contributed by atoms with Crippen molar-refractivity contribution in [2.45, 2.75) is 0 Å². The number of hydrogen-bond donors (Lipinski definition) is 1. The predicted octanol–water partition coefficient (Wildman–Crippen LogP) is 3.09. The van der Waals surface area contributed by atoms with Gasteiger partial charge in [0.1, 0.15) is 5.69 Å². The average Bonchev–Trinajstić information content (AvgIpc) is 2.64. The smallest absolute Gasteiger partial charge is 0.354 e. The van der Waals surface area contributed by atoms with Crippen LogP contribution in [0.15, 0.2) is 24.3 Å². The second-order valence-corrected chi connectivity index (χ2v) is 4.29. The fraction of sp³-hybridized carbons (Fsp3) is 0.0909. The van der Waals surface area contributed by atoms with E-state index in [1.54, 1.807) is 25.2 Å². The first-order valence-corrected chi connectivity index (χ1v) is 5.47. The molecule has 1 heterocycles. The summed E-state index contributed by atoms with van der Waals surface area (Å²) in [4.78, 5) is 10.9. The molecule has 88 valence electrons. The van der Waals surface area contributed by atoms with Crippen LogP contribution in [0.1, 0.15) is 10.5 Å². The van der Waals surface area contributed by atoms with Gasteiger partial charge in [-0.1, -0.05) is 29.3 Å². The summed E-state index contributed by atoms with van der Waals surface area (Å²) < 4.78 is 1.31. The third-order valence-electron chi connectivity index (χ3n) is 2.31. The van der Waals surface area contributed by atoms with Crippen LogP contribution in [0.3, 0.4) is 0 Å². The predicted molar refractivity (Wildman–Crippen MR) is 65.6 cm³/mol. The molecule has 1 aromatic heterocycles. The van der Waals surface area contributed by atoms with E-state index >= 15 is 0 Å². The molecule has 0 aliphatic heterocycles. The summed E-state index contributed by atoms with van der Waals surface area (Å²) in [6, 6.07) is 6.52. The van der Waals surface area contributed by atoms with Crippen LogP contribution in [0.5, 0.6) is 0 Å². The number of aromatic nitrogens is 2. The van der Waals surface area contributed by atoms with E-state index in [9.17, 15) is 4.79 Å². The van der Waals surface area contributed by atoms with E-state index in [4.69, 9.17) is 28.3 Å². The van der Waals surface area contributed by atoms with Crippen molar-refractivity contribution in [2.24, 2.45) is 7.05 Å². The van der Waals surface area contributed by atoms with Crippen LogP contribution in [-0.4, -0.2) is 20.9 Å². The van der Waals surface area contributed by atoms with E-state index < -0.39 is 5.97 Å². The fourth-order valence-electron chi connectivity index (χ4n) is 1.46. The van der Waals surface area contributed by atoms with E-state index in [-0.39, 0.29) is 5.69 Å². The Morgan fingerprint density at radius 3 is 2.53 bits per heavy atom. The number of carbonyl (C=O) groups is 1. The highest BCUT2D eigenvalue weighted by atomic mass is 35.5. The Morgan fingerprint density at radius 2 is 2.00 bits per heavy atom. The van der Waals surface area contributed by atoms with Gasteiger partial charge >= 0.3 is 5.97 Å². The number of carboxylic acid groups (broad SMARTS) is 1. The van der Waals surface area contributed by atoms with E-state index in [0.717, 1.165) is 5.56 Å². The lowest BCUT2D eigenvalue weighted by Gasteiger charge is -1.99. The second-order valence-electron chi connectivity index (χ2n) is 3.47. The van der Waals surface area contributed by atoms with Gasteiger partial charge in [-0.15, -0.1) is 0 Å². The standard InChI is InChI=1S/C11H8Cl2N2O2/c1-15-10(11(16)17)5-9(14-15)6-2-3-7(12)8(13)4-6/h2-5H,1H3,(H,16,17). The Balaban J connectivity index is 2.50. The van der Waals surface area contributed by atoms with Gasteiger partial charge in [0.05, 0.1) is 15.7 Å². The summed E-state index contributed by atoms with van der Waals surface area (Å²) in [7, 11) is 1.57. The molecule has 1 N–H and O–H groups in total. The summed E-state index contributed by atoms with van der Waals surface area (Å²) in [5.74, 6) is -1.02. The first-order chi connectivity index (χ1) is 7.99. The van der Waals surface area contributed by atoms with Gasteiger partial charge in [-0.3, -0.25) is 4.68 Å². The number of aryl methyl sites for hydroxylation is 1. The molecule has 0 atom stereocenters. The SMILES string of the molecule is Cn1nc(-c2ccc(Cl)c(Cl)c2)cc1C(=O)O. The number of carboxylic acids is 1. The molecule has 0 bridgehead atoms. The Morgan fingerprint density at radius 1 is 1.29 bits per heavy atom. The summed E-state index contributed by atoms with van der Waals surface area (Å²) in [6.45, 7) is 0. The topological polar surface area (TPSA) is 55.1 Å². The minimum atomic E-state index is -1.02. The van der Waals surface area contributed by atoms with Crippen LogP contribution in [0, 0.1) is 0 Å². The number of aromatic carboxylic acids is 1. The molecule has 0 unspecified atom stereocenters. The highest BCUT2D eigenvalue weighted by molar-refractivity contribution is 6.42. The average molecular weight is 271 g/mol. The van der Waals surface area contributed by atoms with Crippen molar-refractivity contribution in [1.82, 2.24) is 9.78 Å². The third-order valence-corrected chi connectivity index (χ3v) is 3.05. The Bertz CT molecular complexity index is 593. The molecule has 0 radical (unpaired) electrons. The summed E-state index contributed by atoms with van der Waals surface area (Å²) in [5.41, 5.74) is 1.39. The van der Waals surface area contributed by atoms with Crippen molar-refractivity contribution in [3.05, 3.63) is 40.0 Å². The van der Waals surface area contributed by atoms with Gasteiger partial charge in [0.15, 0.2) is 0 Å². The van der Waals surface area contributed by atoms with Crippen LogP contribution in [0.2, 0.25) is 10.0 Å². The molecule has 0 fully saturated rings. The van der Waals surface area contributed by atoms with Gasteiger partial charge in [0.2, 0.25) is 0 Å². The van der Waals surface area contributed by atoms with Crippen LogP contribution in [-0.2, 0) is 7.05 Å². The largest absolute Gasteiger partial charge is 0.477 e. The van der Waals surface area contributed by atoms with E-state index in [1.807, 2.05) is 0 Å². The van der Waals surface area contributed by atoms with Gasteiger partial charge in [-0.05, 0) is 18.2 Å². The monoisotopic (exact) mass is 270 g/mol. The molecule has 6 heteroatoms. The van der Waals surface area contributed by atoms with Crippen LogP contribution < -0.4 is 0 Å². The normalized spacial score (nSPS) is 10.5. The van der Waals surface area contributed by atoms with Crippen molar-refractivity contribution >= 4 is 29.2 Å². The van der Waals surface area contributed by atoms with Crippen molar-refractivity contribution in [3.8, 4) is 11.3 Å². The number of halogens is 2. The lowest BCUT2D eigenvalue weighted by Crippen LogP contribution is -2.04. The van der Waals surface area contributed by atoms with Crippen molar-refractivity contribution in [2.75, 3.05) is 0 Å². The molecular formula is C11H8Cl2N2O2. The first-order valence-electron chi connectivity index (χ1n) is 4.72. The van der Waals surface area contributed by atoms with Gasteiger partial charge in [0.25, 0.3) is 0 Å². The molecule has 4 nitrogen and oxygen atoms in total. The number of rotatable bonds is 2. The Kier molecular flexibility index (Phi) is 3.09. The van der Waals surface area contributed by atoms with E-state index in [2.05, 4.69) is 5.10 Å². The second kappa shape index (κ2) is 4.39. The van der Waals surface area contributed by atoms with Crippen molar-refractivity contribution in [3.63, 3.8) is 0 Å². The molecular weight excluding hydrogens is 263 g/mol. The zero-order valence-electron chi connectivity index (χ0n) is 8.82. The maximum Gasteiger partial charge on any atom is 0.354 e. The van der Waals surface area contributed by atoms with Crippen molar-refractivity contribution in [1.29, 1.82) is 0 Å². The highest BCUT2D eigenvalue weighted by Gasteiger charge is 2.13. The minimum Gasteiger partial charge on any atom is -0.477 e. The molecule has 17 heavy (non-hydrogen) atoms.